The van der Waals surface area contributed by atoms with E-state index < -0.39 is 0 Å². The minimum absolute atomic E-state index is 0.355. The molecule has 2 heterocycles. The molecule has 4 N–H and O–H groups in total. The van der Waals surface area contributed by atoms with Crippen molar-refractivity contribution in [3.63, 3.8) is 0 Å². The monoisotopic (exact) mass is 239 g/mol. The molecule has 5 nitrogen and oxygen atoms in total. The van der Waals surface area contributed by atoms with Crippen molar-refractivity contribution < 1.29 is 0 Å². The standard InChI is InChI=1S/C12H25N5/c1-9(2)14-12(16-13)15-10-6-8-17-7-4-3-5-11(10)17/h9-11H,3-8,13H2,1-2H3,(H2,14,15,16). The van der Waals surface area contributed by atoms with E-state index in [-0.39, 0.29) is 0 Å². The molecule has 2 atom stereocenters. The number of nitrogens with one attached hydrogen (secondary N) is 2. The molecule has 2 rings (SSSR count). The van der Waals surface area contributed by atoms with Crippen LogP contribution in [0.5, 0.6) is 0 Å². The Hall–Kier alpha value is -0.810. The molecule has 2 saturated heterocycles. The fourth-order valence-corrected chi connectivity index (χ4v) is 2.93. The molecule has 0 saturated carbocycles. The van der Waals surface area contributed by atoms with Crippen molar-refractivity contribution in [2.24, 2.45) is 10.8 Å². The van der Waals surface area contributed by atoms with Gasteiger partial charge in [0.25, 0.3) is 0 Å². The second-order valence-electron chi connectivity index (χ2n) is 5.38. The van der Waals surface area contributed by atoms with Gasteiger partial charge in [-0.15, -0.1) is 0 Å². The van der Waals surface area contributed by atoms with Crippen molar-refractivity contribution in [3.05, 3.63) is 0 Å². The summed E-state index contributed by atoms with van der Waals surface area (Å²) in [7, 11) is 0. The fourth-order valence-electron chi connectivity index (χ4n) is 2.93. The molecule has 2 unspecified atom stereocenters. The summed E-state index contributed by atoms with van der Waals surface area (Å²) in [6.45, 7) is 6.63. The van der Waals surface area contributed by atoms with Crippen molar-refractivity contribution in [2.75, 3.05) is 13.1 Å². The number of hydrogen-bond acceptors (Lipinski definition) is 3. The van der Waals surface area contributed by atoms with Crippen LogP contribution in [0, 0.1) is 0 Å². The Labute approximate surface area is 104 Å². The van der Waals surface area contributed by atoms with Crippen molar-refractivity contribution in [2.45, 2.75) is 57.7 Å². The first-order valence-corrected chi connectivity index (χ1v) is 6.75. The van der Waals surface area contributed by atoms with Gasteiger partial charge in [0.1, 0.15) is 0 Å². The Morgan fingerprint density at radius 2 is 2.12 bits per heavy atom. The summed E-state index contributed by atoms with van der Waals surface area (Å²) >= 11 is 0. The Balaban J connectivity index is 1.99. The van der Waals surface area contributed by atoms with Gasteiger partial charge in [-0.1, -0.05) is 6.42 Å². The third kappa shape index (κ3) is 3.10. The molecule has 17 heavy (non-hydrogen) atoms. The van der Waals surface area contributed by atoms with Crippen LogP contribution in [0.15, 0.2) is 4.99 Å². The van der Waals surface area contributed by atoms with Gasteiger partial charge in [0.2, 0.25) is 5.96 Å². The van der Waals surface area contributed by atoms with Gasteiger partial charge >= 0.3 is 0 Å². The number of hydrazine groups is 1. The quantitative estimate of drug-likeness (QED) is 0.283. The number of hydrogen-bond donors (Lipinski definition) is 3. The molecule has 0 aromatic heterocycles. The maximum Gasteiger partial charge on any atom is 0.206 e. The van der Waals surface area contributed by atoms with Gasteiger partial charge in [-0.25, -0.2) is 10.8 Å². The van der Waals surface area contributed by atoms with Gasteiger partial charge in [0, 0.05) is 18.6 Å². The van der Waals surface area contributed by atoms with E-state index in [1.54, 1.807) is 0 Å². The average molecular weight is 239 g/mol. The van der Waals surface area contributed by atoms with Crippen molar-refractivity contribution >= 4 is 5.96 Å². The van der Waals surface area contributed by atoms with E-state index in [4.69, 9.17) is 10.8 Å². The number of rotatable bonds is 2. The summed E-state index contributed by atoms with van der Waals surface area (Å²) in [5.74, 6) is 6.24. The Morgan fingerprint density at radius 1 is 1.29 bits per heavy atom. The van der Waals surface area contributed by atoms with E-state index in [0.717, 1.165) is 12.4 Å². The Morgan fingerprint density at radius 3 is 2.82 bits per heavy atom. The molecule has 98 valence electrons. The van der Waals surface area contributed by atoms with Crippen molar-refractivity contribution in [1.82, 2.24) is 15.6 Å². The summed E-state index contributed by atoms with van der Waals surface area (Å²) in [4.78, 5) is 7.33. The molecule has 0 bridgehead atoms. The second-order valence-corrected chi connectivity index (χ2v) is 5.38. The maximum absolute atomic E-state index is 5.51. The Kier molecular flexibility index (Phi) is 4.23. The van der Waals surface area contributed by atoms with E-state index >= 15 is 0 Å². The van der Waals surface area contributed by atoms with Gasteiger partial charge < -0.3 is 5.32 Å². The van der Waals surface area contributed by atoms with Crippen LogP contribution in [0.25, 0.3) is 0 Å². The lowest BCUT2D eigenvalue weighted by Gasteiger charge is -2.31. The second kappa shape index (κ2) is 5.69. The molecule has 2 aliphatic heterocycles. The highest BCUT2D eigenvalue weighted by Gasteiger charge is 2.35. The van der Waals surface area contributed by atoms with Crippen LogP contribution in [0.1, 0.15) is 39.5 Å². The summed E-state index contributed by atoms with van der Waals surface area (Å²) < 4.78 is 0. The fraction of sp³-hybridized carbons (Fsp3) is 0.917. The summed E-state index contributed by atoms with van der Waals surface area (Å²) in [6, 6.07) is 1.40. The first kappa shape index (κ1) is 12.6. The summed E-state index contributed by atoms with van der Waals surface area (Å²) in [6.07, 6.45) is 5.14. The highest BCUT2D eigenvalue weighted by atomic mass is 15.3. The van der Waals surface area contributed by atoms with E-state index in [9.17, 15) is 0 Å². The number of fused-ring (bicyclic) bond motifs is 1. The van der Waals surface area contributed by atoms with Gasteiger partial charge in [-0.05, 0) is 39.7 Å². The zero-order valence-corrected chi connectivity index (χ0v) is 10.9. The molecule has 0 aliphatic carbocycles. The van der Waals surface area contributed by atoms with Crippen LogP contribution < -0.4 is 16.6 Å². The normalized spacial score (nSPS) is 30.5. The zero-order chi connectivity index (χ0) is 12.3. The van der Waals surface area contributed by atoms with Gasteiger partial charge in [0.15, 0.2) is 0 Å². The molecule has 0 amide bonds. The Bertz CT molecular complexity index is 276. The van der Waals surface area contributed by atoms with E-state index in [0.29, 0.717) is 18.1 Å². The highest BCUT2D eigenvalue weighted by Crippen LogP contribution is 2.28. The maximum atomic E-state index is 5.51. The molecule has 0 radical (unpaired) electrons. The third-order valence-electron chi connectivity index (χ3n) is 3.68. The molecule has 0 spiro atoms. The predicted molar refractivity (Wildman–Crippen MR) is 70.6 cm³/mol. The van der Waals surface area contributed by atoms with Crippen molar-refractivity contribution in [1.29, 1.82) is 0 Å². The predicted octanol–water partition coefficient (Wildman–Crippen LogP) is 0.431. The zero-order valence-electron chi connectivity index (χ0n) is 10.9. The number of nitrogens with two attached hydrogens (primary N) is 1. The van der Waals surface area contributed by atoms with Gasteiger partial charge in [-0.2, -0.15) is 0 Å². The van der Waals surface area contributed by atoms with Crippen LogP contribution in [-0.4, -0.2) is 42.1 Å². The van der Waals surface area contributed by atoms with Crippen molar-refractivity contribution in [3.8, 4) is 0 Å². The number of guanidine groups is 1. The minimum atomic E-state index is 0.355. The van der Waals surface area contributed by atoms with E-state index in [1.165, 1.54) is 32.4 Å². The van der Waals surface area contributed by atoms with Crippen LogP contribution in [-0.2, 0) is 0 Å². The molecular formula is C12H25N5. The highest BCUT2D eigenvalue weighted by molar-refractivity contribution is 5.79. The number of aliphatic imine (C=N–C) groups is 1. The van der Waals surface area contributed by atoms with Crippen LogP contribution in [0.3, 0.4) is 0 Å². The lowest BCUT2D eigenvalue weighted by atomic mass is 9.99. The molecule has 0 aromatic carbocycles. The average Bonchev–Trinajstić information content (AvgIpc) is 2.71. The lowest BCUT2D eigenvalue weighted by molar-refractivity contribution is 0.189. The minimum Gasteiger partial charge on any atom is -0.353 e. The number of nitrogens with zero attached hydrogens (tertiary/aromatic N) is 2. The van der Waals surface area contributed by atoms with Crippen LogP contribution in [0.4, 0.5) is 0 Å². The smallest absolute Gasteiger partial charge is 0.206 e. The topological polar surface area (TPSA) is 65.7 Å². The largest absolute Gasteiger partial charge is 0.353 e. The molecular weight excluding hydrogens is 214 g/mol. The third-order valence-corrected chi connectivity index (χ3v) is 3.68. The van der Waals surface area contributed by atoms with Gasteiger partial charge in [-0.3, -0.25) is 10.3 Å². The molecule has 2 aliphatic rings. The first-order chi connectivity index (χ1) is 8.20. The summed E-state index contributed by atoms with van der Waals surface area (Å²) in [5, 5.41) is 3.25. The molecule has 0 aromatic rings. The van der Waals surface area contributed by atoms with Crippen LogP contribution in [0.2, 0.25) is 0 Å². The SMILES string of the molecule is CC(C)NC(=NC1CCN2CCCCC12)NN. The lowest BCUT2D eigenvalue weighted by Crippen LogP contribution is -2.46. The van der Waals surface area contributed by atoms with E-state index in [1.807, 2.05) is 0 Å². The first-order valence-electron chi connectivity index (χ1n) is 6.75. The van der Waals surface area contributed by atoms with Crippen LogP contribution >= 0.6 is 0 Å². The van der Waals surface area contributed by atoms with Gasteiger partial charge in [0.05, 0.1) is 6.04 Å². The molecule has 2 fully saturated rings. The number of piperidine rings is 1. The molecule has 5 heteroatoms. The summed E-state index contributed by atoms with van der Waals surface area (Å²) in [5.41, 5.74) is 2.68. The van der Waals surface area contributed by atoms with E-state index in [2.05, 4.69) is 29.5 Å².